The Morgan fingerprint density at radius 1 is 1.59 bits per heavy atom. The summed E-state index contributed by atoms with van der Waals surface area (Å²) in [5, 5.41) is 1.22. The summed E-state index contributed by atoms with van der Waals surface area (Å²) >= 11 is 2.70. The topological polar surface area (TPSA) is 84.7 Å². The van der Waals surface area contributed by atoms with Gasteiger partial charge in [0.25, 0.3) is 5.56 Å². The van der Waals surface area contributed by atoms with Crippen LogP contribution in [-0.2, 0) is 6.42 Å². The molecule has 2 heterocycles. The number of hydrogen-bond acceptors (Lipinski definition) is 6. The summed E-state index contributed by atoms with van der Waals surface area (Å²) in [5.74, 6) is 0. The Balaban J connectivity index is 2.23. The van der Waals surface area contributed by atoms with Gasteiger partial charge in [-0.1, -0.05) is 24.7 Å². The number of H-pyrrole nitrogens is 1. The zero-order valence-electron chi connectivity index (χ0n) is 9.27. The number of anilines is 1. The van der Waals surface area contributed by atoms with E-state index in [-0.39, 0.29) is 5.56 Å². The van der Waals surface area contributed by atoms with E-state index < -0.39 is 0 Å². The molecule has 17 heavy (non-hydrogen) atoms. The molecule has 0 unspecified atom stereocenters. The summed E-state index contributed by atoms with van der Waals surface area (Å²) in [6.07, 6.45) is 3.36. The number of aromatic amines is 1. The lowest BCUT2D eigenvalue weighted by Gasteiger charge is -2.00. The smallest absolute Gasteiger partial charge is 0.251 e. The van der Waals surface area contributed by atoms with Gasteiger partial charge in [0.05, 0.1) is 6.20 Å². The first-order valence-electron chi connectivity index (χ1n) is 5.17. The van der Waals surface area contributed by atoms with Gasteiger partial charge in [0.15, 0.2) is 9.50 Å². The van der Waals surface area contributed by atoms with Gasteiger partial charge < -0.3 is 10.7 Å². The Morgan fingerprint density at radius 3 is 3.06 bits per heavy atom. The molecule has 0 aliphatic carbocycles. The molecule has 2 aromatic heterocycles. The maximum atomic E-state index is 11.4. The van der Waals surface area contributed by atoms with E-state index in [4.69, 9.17) is 5.73 Å². The molecule has 0 aromatic carbocycles. The molecule has 5 nitrogen and oxygen atoms in total. The molecule has 0 aliphatic heterocycles. The summed E-state index contributed by atoms with van der Waals surface area (Å²) in [4.78, 5) is 22.6. The van der Waals surface area contributed by atoms with Gasteiger partial charge in [-0.15, -0.1) is 0 Å². The second kappa shape index (κ2) is 5.33. The molecule has 0 radical (unpaired) electrons. The number of hydrogen-bond donors (Lipinski definition) is 2. The van der Waals surface area contributed by atoms with E-state index in [1.807, 2.05) is 0 Å². The predicted molar refractivity (Wildman–Crippen MR) is 69.5 cm³/mol. The van der Waals surface area contributed by atoms with Crippen molar-refractivity contribution in [2.45, 2.75) is 29.3 Å². The number of nitrogens with zero attached hydrogens (tertiary/aromatic N) is 2. The highest BCUT2D eigenvalue weighted by Gasteiger charge is 2.06. The van der Waals surface area contributed by atoms with Crippen molar-refractivity contribution in [2.24, 2.45) is 0 Å². The van der Waals surface area contributed by atoms with Gasteiger partial charge in [0.2, 0.25) is 0 Å². The minimum Gasteiger partial charge on any atom is -0.389 e. The van der Waals surface area contributed by atoms with E-state index in [9.17, 15) is 4.79 Å². The number of nitrogens with two attached hydrogens (primary N) is 1. The van der Waals surface area contributed by atoms with Crippen molar-refractivity contribution in [3.05, 3.63) is 28.3 Å². The lowest BCUT2D eigenvalue weighted by molar-refractivity contribution is 0.816. The van der Waals surface area contributed by atoms with Crippen LogP contribution < -0.4 is 11.3 Å². The van der Waals surface area contributed by atoms with Crippen molar-refractivity contribution < 1.29 is 0 Å². The quantitative estimate of drug-likeness (QED) is 0.827. The Bertz CT molecular complexity index is 563. The fourth-order valence-corrected chi connectivity index (χ4v) is 3.01. The molecule has 0 fully saturated rings. The molecule has 0 spiro atoms. The number of nitrogen functional groups attached to an aromatic ring is 1. The van der Waals surface area contributed by atoms with Gasteiger partial charge in [0, 0.05) is 11.8 Å². The van der Waals surface area contributed by atoms with Crippen molar-refractivity contribution in [1.82, 2.24) is 15.0 Å². The van der Waals surface area contributed by atoms with E-state index in [0.29, 0.717) is 10.2 Å². The Morgan fingerprint density at radius 2 is 2.41 bits per heavy atom. The van der Waals surface area contributed by atoms with Crippen molar-refractivity contribution >= 4 is 28.1 Å². The molecular weight excluding hydrogens is 256 g/mol. The Kier molecular flexibility index (Phi) is 3.80. The maximum Gasteiger partial charge on any atom is 0.251 e. The van der Waals surface area contributed by atoms with Crippen LogP contribution in [0.3, 0.4) is 0 Å². The zero-order chi connectivity index (χ0) is 12.3. The maximum absolute atomic E-state index is 11.4. The van der Waals surface area contributed by atoms with Gasteiger partial charge in [0.1, 0.15) is 5.00 Å². The molecule has 7 heteroatoms. The van der Waals surface area contributed by atoms with Crippen LogP contribution >= 0.6 is 23.1 Å². The normalized spacial score (nSPS) is 10.6. The lowest BCUT2D eigenvalue weighted by Crippen LogP contribution is -2.09. The second-order valence-corrected chi connectivity index (χ2v) is 5.72. The third-order valence-electron chi connectivity index (χ3n) is 1.97. The highest BCUT2D eigenvalue weighted by molar-refractivity contribution is 8.00. The average molecular weight is 268 g/mol. The molecule has 0 aliphatic rings. The highest BCUT2D eigenvalue weighted by Crippen LogP contribution is 2.29. The molecule has 2 aromatic rings. The second-order valence-electron chi connectivity index (χ2n) is 3.42. The molecular formula is C10H12N4OS2. The summed E-state index contributed by atoms with van der Waals surface area (Å²) in [6.45, 7) is 2.05. The third kappa shape index (κ3) is 3.31. The molecule has 0 saturated carbocycles. The van der Waals surface area contributed by atoms with Crippen LogP contribution in [0.5, 0.6) is 0 Å². The molecule has 3 N–H and O–H groups in total. The number of thiazole rings is 1. The highest BCUT2D eigenvalue weighted by atomic mass is 32.2. The van der Waals surface area contributed by atoms with Gasteiger partial charge in [-0.25, -0.2) is 9.97 Å². The first-order chi connectivity index (χ1) is 8.17. The summed E-state index contributed by atoms with van der Waals surface area (Å²) in [6, 6.07) is 1.53. The Labute approximate surface area is 107 Å². The SMILES string of the molecule is CCCc1cc(=O)[nH]c(Sc2ncc(N)s2)n1. The van der Waals surface area contributed by atoms with Gasteiger partial charge in [-0.2, -0.15) is 0 Å². The Hall–Kier alpha value is -1.34. The van der Waals surface area contributed by atoms with Gasteiger partial charge >= 0.3 is 0 Å². The van der Waals surface area contributed by atoms with Gasteiger partial charge in [-0.3, -0.25) is 4.79 Å². The zero-order valence-corrected chi connectivity index (χ0v) is 10.9. The average Bonchev–Trinajstić information content (AvgIpc) is 2.63. The van der Waals surface area contributed by atoms with Crippen molar-refractivity contribution in [3.8, 4) is 0 Å². The fraction of sp³-hybridized carbons (Fsp3) is 0.300. The molecule has 2 rings (SSSR count). The minimum atomic E-state index is -0.129. The van der Waals surface area contributed by atoms with E-state index in [0.717, 1.165) is 22.9 Å². The summed E-state index contributed by atoms with van der Waals surface area (Å²) in [7, 11) is 0. The molecule has 0 amide bonds. The van der Waals surface area contributed by atoms with E-state index in [1.165, 1.54) is 29.2 Å². The van der Waals surface area contributed by atoms with Crippen LogP contribution in [0.2, 0.25) is 0 Å². The molecule has 0 atom stereocenters. The van der Waals surface area contributed by atoms with E-state index in [1.54, 1.807) is 6.20 Å². The molecule has 90 valence electrons. The van der Waals surface area contributed by atoms with Crippen LogP contribution in [0.1, 0.15) is 19.0 Å². The number of aryl methyl sites for hydroxylation is 1. The van der Waals surface area contributed by atoms with Crippen LogP contribution in [0.4, 0.5) is 5.00 Å². The monoisotopic (exact) mass is 268 g/mol. The molecule has 0 saturated heterocycles. The third-order valence-corrected chi connectivity index (χ3v) is 3.75. The fourth-order valence-electron chi connectivity index (χ4n) is 1.32. The minimum absolute atomic E-state index is 0.129. The van der Waals surface area contributed by atoms with Crippen LogP contribution in [0.25, 0.3) is 0 Å². The van der Waals surface area contributed by atoms with E-state index in [2.05, 4.69) is 21.9 Å². The summed E-state index contributed by atoms with van der Waals surface area (Å²) in [5.41, 5.74) is 6.27. The van der Waals surface area contributed by atoms with Gasteiger partial charge in [-0.05, 0) is 18.2 Å². The van der Waals surface area contributed by atoms with Crippen LogP contribution in [0.15, 0.2) is 26.6 Å². The predicted octanol–water partition coefficient (Wildman–Crippen LogP) is 1.91. The lowest BCUT2D eigenvalue weighted by atomic mass is 10.2. The van der Waals surface area contributed by atoms with E-state index >= 15 is 0 Å². The van der Waals surface area contributed by atoms with Crippen molar-refractivity contribution in [2.75, 3.05) is 5.73 Å². The number of rotatable bonds is 4. The summed E-state index contributed by atoms with van der Waals surface area (Å²) < 4.78 is 0.777. The number of aromatic nitrogens is 3. The number of nitrogens with one attached hydrogen (secondary N) is 1. The van der Waals surface area contributed by atoms with Crippen LogP contribution in [0, 0.1) is 0 Å². The van der Waals surface area contributed by atoms with Crippen LogP contribution in [-0.4, -0.2) is 15.0 Å². The first kappa shape index (κ1) is 12.1. The standard InChI is InChI=1S/C10H12N4OS2/c1-2-3-6-4-8(15)14-9(13-6)17-10-12-5-7(11)16-10/h4-5H,2-3,11H2,1H3,(H,13,14,15). The molecule has 0 bridgehead atoms. The first-order valence-corrected chi connectivity index (χ1v) is 6.80. The van der Waals surface area contributed by atoms with Crippen molar-refractivity contribution in [1.29, 1.82) is 0 Å². The largest absolute Gasteiger partial charge is 0.389 e. The van der Waals surface area contributed by atoms with Crippen molar-refractivity contribution in [3.63, 3.8) is 0 Å².